The Kier molecular flexibility index (Phi) is 7.01. The molecule has 0 aromatic heterocycles. The lowest BCUT2D eigenvalue weighted by Gasteiger charge is -2.47. The first-order valence-corrected chi connectivity index (χ1v) is 6.95. The summed E-state index contributed by atoms with van der Waals surface area (Å²) in [7, 11) is 0. The Morgan fingerprint density at radius 3 is 2.00 bits per heavy atom. The third kappa shape index (κ3) is 3.52. The second kappa shape index (κ2) is 7.97. The van der Waals surface area contributed by atoms with Crippen LogP contribution in [0.2, 0.25) is 0 Å². The number of ether oxygens (including phenoxy) is 1. The molecule has 142 valence electrons. The van der Waals surface area contributed by atoms with E-state index in [0.717, 1.165) is 0 Å². The Labute approximate surface area is 135 Å². The maximum absolute atomic E-state index is 11.4. The fourth-order valence-electron chi connectivity index (χ4n) is 2.46. The zero-order valence-corrected chi connectivity index (χ0v) is 12.3. The van der Waals surface area contributed by atoms with E-state index in [1.54, 1.807) is 0 Å². The minimum Gasteiger partial charge on any atom is -0.479 e. The van der Waals surface area contributed by atoms with Gasteiger partial charge in [0.2, 0.25) is 5.60 Å². The highest BCUT2D eigenvalue weighted by atomic mass is 16.6. The lowest BCUT2D eigenvalue weighted by atomic mass is 9.79. The molecule has 0 bridgehead atoms. The molecule has 1 aliphatic rings. The van der Waals surface area contributed by atoms with Gasteiger partial charge in [0, 0.05) is 0 Å². The van der Waals surface area contributed by atoms with Crippen molar-refractivity contribution in [2.75, 3.05) is 13.2 Å². The highest BCUT2D eigenvalue weighted by Gasteiger charge is 2.61. The van der Waals surface area contributed by atoms with Gasteiger partial charge in [-0.15, -0.1) is 0 Å². The van der Waals surface area contributed by atoms with Crippen LogP contribution in [0.25, 0.3) is 0 Å². The van der Waals surface area contributed by atoms with Crippen LogP contribution in [0.5, 0.6) is 0 Å². The predicted molar refractivity (Wildman–Crippen MR) is 71.5 cm³/mol. The van der Waals surface area contributed by atoms with Gasteiger partial charge in [-0.2, -0.15) is 0 Å². The molecule has 0 saturated carbocycles. The maximum Gasteiger partial charge on any atom is 0.341 e. The molecule has 0 aromatic rings. The van der Waals surface area contributed by atoms with Crippen LogP contribution in [0.3, 0.4) is 0 Å². The summed E-state index contributed by atoms with van der Waals surface area (Å²) in [5.41, 5.74) is -3.45. The fraction of sp³-hybridized carbons (Fsp3) is 0.917. The quantitative estimate of drug-likeness (QED) is 0.205. The second-order valence-electron chi connectivity index (χ2n) is 5.57. The van der Waals surface area contributed by atoms with Gasteiger partial charge in [0.15, 0.2) is 0 Å². The van der Waals surface area contributed by atoms with Crippen molar-refractivity contribution in [3.8, 4) is 0 Å². The summed E-state index contributed by atoms with van der Waals surface area (Å²) in [4.78, 5) is 11.4. The first-order valence-electron chi connectivity index (χ1n) is 6.95. The molecule has 24 heavy (non-hydrogen) atoms. The largest absolute Gasteiger partial charge is 0.479 e. The molecule has 1 rings (SSSR count). The Morgan fingerprint density at radius 1 is 1.04 bits per heavy atom. The van der Waals surface area contributed by atoms with Gasteiger partial charge in [-0.05, 0) is 0 Å². The molecule has 10 N–H and O–H groups in total. The number of hydrogen-bond acceptors (Lipinski definition) is 11. The van der Waals surface area contributed by atoms with Crippen molar-refractivity contribution in [3.63, 3.8) is 0 Å². The number of aliphatic hydroxyl groups is 9. The average Bonchev–Trinajstić information content (AvgIpc) is 2.56. The van der Waals surface area contributed by atoms with Crippen LogP contribution >= 0.6 is 0 Å². The van der Waals surface area contributed by atoms with E-state index in [1.807, 2.05) is 0 Å². The molecule has 0 spiro atoms. The van der Waals surface area contributed by atoms with Crippen LogP contribution in [-0.4, -0.2) is 125 Å². The summed E-state index contributed by atoms with van der Waals surface area (Å²) in [6.45, 7) is -2.00. The van der Waals surface area contributed by atoms with Gasteiger partial charge in [-0.3, -0.25) is 0 Å². The summed E-state index contributed by atoms with van der Waals surface area (Å²) >= 11 is 0. The van der Waals surface area contributed by atoms with Gasteiger partial charge in [0.05, 0.1) is 13.2 Å². The van der Waals surface area contributed by atoms with E-state index < -0.39 is 73.6 Å². The summed E-state index contributed by atoms with van der Waals surface area (Å²) in [6, 6.07) is 0. The summed E-state index contributed by atoms with van der Waals surface area (Å²) < 4.78 is 4.89. The number of aliphatic hydroxyl groups excluding tert-OH is 8. The van der Waals surface area contributed by atoms with Crippen molar-refractivity contribution < 1.29 is 60.6 Å². The van der Waals surface area contributed by atoms with Crippen molar-refractivity contribution >= 4 is 5.97 Å². The molecule has 1 aliphatic heterocycles. The van der Waals surface area contributed by atoms with E-state index in [4.69, 9.17) is 14.9 Å². The maximum atomic E-state index is 11.4. The van der Waals surface area contributed by atoms with E-state index >= 15 is 0 Å². The molecule has 0 amide bonds. The van der Waals surface area contributed by atoms with E-state index in [2.05, 4.69) is 0 Å². The van der Waals surface area contributed by atoms with Gasteiger partial charge >= 0.3 is 5.97 Å². The first-order chi connectivity index (χ1) is 11.0. The standard InChI is InChI=1S/C12H22O12/c13-1-3(15)5(16)9(20)12(23,11(21)22)10-8(19)7(18)6(17)4(2-14)24-10/h3-10,13-20,23H,1-2H2,(H,21,22)/t3-,4-,5+,6-,7+,8-,9+,10?,12+/m1/s1. The van der Waals surface area contributed by atoms with Gasteiger partial charge in [-0.1, -0.05) is 0 Å². The number of aliphatic carboxylic acids is 1. The first kappa shape index (κ1) is 21.1. The van der Waals surface area contributed by atoms with Crippen molar-refractivity contribution in [3.05, 3.63) is 0 Å². The van der Waals surface area contributed by atoms with Crippen LogP contribution in [0.1, 0.15) is 0 Å². The normalized spacial score (nSPS) is 37.3. The van der Waals surface area contributed by atoms with E-state index in [-0.39, 0.29) is 0 Å². The molecular formula is C12H22O12. The van der Waals surface area contributed by atoms with E-state index in [9.17, 15) is 45.6 Å². The minimum atomic E-state index is -3.45. The van der Waals surface area contributed by atoms with Crippen LogP contribution < -0.4 is 0 Å². The Bertz CT molecular complexity index is 430. The predicted octanol–water partition coefficient (Wildman–Crippen LogP) is -6.28. The number of carboxylic acids is 1. The van der Waals surface area contributed by atoms with Crippen LogP contribution in [-0.2, 0) is 9.53 Å². The fourth-order valence-corrected chi connectivity index (χ4v) is 2.46. The highest BCUT2D eigenvalue weighted by molar-refractivity contribution is 5.79. The van der Waals surface area contributed by atoms with Crippen LogP contribution in [0, 0.1) is 0 Å². The zero-order valence-electron chi connectivity index (χ0n) is 12.3. The average molecular weight is 358 g/mol. The van der Waals surface area contributed by atoms with Gasteiger partial charge < -0.3 is 55.8 Å². The summed E-state index contributed by atoms with van der Waals surface area (Å²) in [5, 5.41) is 95.4. The molecule has 0 aromatic carbocycles. The Hall–Kier alpha value is -0.930. The number of hydrogen-bond donors (Lipinski definition) is 10. The SMILES string of the molecule is O=C(O)[C@@](O)(C1O[C@H](CO)[C@@H](O)[C@H](O)[C@H]1O)[C@@H](O)[C@@H](O)[C@H](O)CO. The molecule has 9 atom stereocenters. The number of carboxylic acid groups (broad SMARTS) is 1. The third-order valence-corrected chi connectivity index (χ3v) is 4.02. The molecule has 1 saturated heterocycles. The van der Waals surface area contributed by atoms with E-state index in [1.165, 1.54) is 0 Å². The molecule has 12 heteroatoms. The number of carbonyl (C=O) groups is 1. The molecule has 1 unspecified atom stereocenters. The smallest absolute Gasteiger partial charge is 0.341 e. The van der Waals surface area contributed by atoms with Crippen molar-refractivity contribution in [2.45, 2.75) is 54.4 Å². The van der Waals surface area contributed by atoms with Crippen molar-refractivity contribution in [1.82, 2.24) is 0 Å². The molecule has 1 fully saturated rings. The van der Waals surface area contributed by atoms with Crippen LogP contribution in [0.4, 0.5) is 0 Å². The Balaban J connectivity index is 3.24. The van der Waals surface area contributed by atoms with Crippen molar-refractivity contribution in [2.24, 2.45) is 0 Å². The third-order valence-electron chi connectivity index (χ3n) is 4.02. The van der Waals surface area contributed by atoms with E-state index in [0.29, 0.717) is 0 Å². The molecule has 12 nitrogen and oxygen atoms in total. The molecule has 1 heterocycles. The summed E-state index contributed by atoms with van der Waals surface area (Å²) in [5.74, 6) is -2.19. The summed E-state index contributed by atoms with van der Waals surface area (Å²) in [6.07, 6.45) is -17.0. The lowest BCUT2D eigenvalue weighted by molar-refractivity contribution is -0.291. The van der Waals surface area contributed by atoms with Gasteiger partial charge in [0.1, 0.15) is 48.8 Å². The lowest BCUT2D eigenvalue weighted by Crippen LogP contribution is -2.72. The Morgan fingerprint density at radius 2 is 1.58 bits per heavy atom. The molecular weight excluding hydrogens is 336 g/mol. The zero-order chi connectivity index (χ0) is 18.8. The molecule has 0 aliphatic carbocycles. The minimum absolute atomic E-state index is 0.922. The monoisotopic (exact) mass is 358 g/mol. The van der Waals surface area contributed by atoms with Gasteiger partial charge in [0.25, 0.3) is 0 Å². The number of rotatable bonds is 7. The highest BCUT2D eigenvalue weighted by Crippen LogP contribution is 2.32. The second-order valence-corrected chi connectivity index (χ2v) is 5.57. The van der Waals surface area contributed by atoms with Crippen LogP contribution in [0.15, 0.2) is 0 Å². The van der Waals surface area contributed by atoms with Gasteiger partial charge in [-0.25, -0.2) is 4.79 Å². The topological polar surface area (TPSA) is 229 Å². The molecule has 0 radical (unpaired) electrons. The van der Waals surface area contributed by atoms with Crippen molar-refractivity contribution in [1.29, 1.82) is 0 Å².